The zero-order valence-electron chi connectivity index (χ0n) is 19.9. The Bertz CT molecular complexity index is 1570. The quantitative estimate of drug-likeness (QED) is 0.367. The van der Waals surface area contributed by atoms with Crippen LogP contribution in [0.3, 0.4) is 0 Å². The minimum absolute atomic E-state index is 0.0768. The Morgan fingerprint density at radius 2 is 1.89 bits per heavy atom. The molecular weight excluding hydrogens is 497 g/mol. The number of nitrogens with two attached hydrogens (primary N) is 1. The molecule has 12 nitrogen and oxygen atoms in total. The third-order valence-electron chi connectivity index (χ3n) is 6.66. The van der Waals surface area contributed by atoms with E-state index in [1.54, 1.807) is 16.8 Å². The van der Waals surface area contributed by atoms with Gasteiger partial charge in [-0.2, -0.15) is 5.10 Å². The van der Waals surface area contributed by atoms with E-state index in [1.165, 1.54) is 35.5 Å². The molecule has 1 atom stereocenters. The van der Waals surface area contributed by atoms with Crippen molar-refractivity contribution in [2.75, 3.05) is 30.9 Å². The van der Waals surface area contributed by atoms with Gasteiger partial charge in [0.25, 0.3) is 5.91 Å². The smallest absolute Gasteiger partial charge is 0.407 e. The first kappa shape index (κ1) is 23.5. The lowest BCUT2D eigenvalue weighted by atomic mass is 10.1. The molecule has 0 bridgehead atoms. The second kappa shape index (κ2) is 9.18. The van der Waals surface area contributed by atoms with Gasteiger partial charge in [-0.15, -0.1) is 0 Å². The van der Waals surface area contributed by atoms with Crippen LogP contribution in [0.2, 0.25) is 0 Å². The van der Waals surface area contributed by atoms with Crippen LogP contribution < -0.4 is 20.5 Å². The van der Waals surface area contributed by atoms with Crippen molar-refractivity contribution in [2.45, 2.75) is 18.9 Å². The van der Waals surface area contributed by atoms with Crippen LogP contribution in [0, 0.1) is 5.82 Å². The number of nitrogens with zero attached hydrogens (tertiary/aromatic N) is 5. The molecule has 0 saturated carbocycles. The number of carbonyl (C=O) groups is 2. The van der Waals surface area contributed by atoms with E-state index < -0.39 is 17.8 Å². The number of nitrogens with one attached hydrogen (secondary N) is 1. The molecule has 4 aromatic rings. The zero-order chi connectivity index (χ0) is 26.4. The number of amides is 2. The fourth-order valence-corrected chi connectivity index (χ4v) is 4.84. The van der Waals surface area contributed by atoms with Crippen molar-refractivity contribution in [3.05, 3.63) is 54.1 Å². The molecule has 2 aromatic carbocycles. The number of hydrogen-bond acceptors (Lipinski definition) is 8. The summed E-state index contributed by atoms with van der Waals surface area (Å²) in [7, 11) is 0. The largest absolute Gasteiger partial charge is 0.465 e. The molecule has 6 rings (SSSR count). The van der Waals surface area contributed by atoms with E-state index in [-0.39, 0.29) is 30.8 Å². The highest BCUT2D eigenvalue weighted by Crippen LogP contribution is 2.48. The molecule has 1 fully saturated rings. The Balaban J connectivity index is 1.41. The van der Waals surface area contributed by atoms with Gasteiger partial charge in [-0.1, -0.05) is 0 Å². The van der Waals surface area contributed by atoms with E-state index >= 15 is 0 Å². The number of aromatic nitrogens is 4. The first-order valence-corrected chi connectivity index (χ1v) is 11.9. The summed E-state index contributed by atoms with van der Waals surface area (Å²) in [6.45, 7) is 0.646. The maximum Gasteiger partial charge on any atom is 0.407 e. The molecule has 4 heterocycles. The number of carboxylic acid groups (broad SMARTS) is 1. The van der Waals surface area contributed by atoms with E-state index in [2.05, 4.69) is 15.3 Å². The monoisotopic (exact) mass is 519 g/mol. The minimum atomic E-state index is -0.984. The van der Waals surface area contributed by atoms with Crippen LogP contribution in [0.1, 0.15) is 29.2 Å². The van der Waals surface area contributed by atoms with Gasteiger partial charge in [0, 0.05) is 24.2 Å². The molecule has 0 spiro atoms. The van der Waals surface area contributed by atoms with Crippen molar-refractivity contribution in [2.24, 2.45) is 0 Å². The maximum absolute atomic E-state index is 13.3. The van der Waals surface area contributed by atoms with Crippen LogP contribution in [0.25, 0.3) is 22.3 Å². The SMILES string of the molecule is Nc1ncnc2c1c(-c1ccc(NC(=O)c3ccc(F)cc3)c3c1OCO3)nn2[C@@H]1CCCN(C(=O)O)C1. The summed E-state index contributed by atoms with van der Waals surface area (Å²) in [5, 5.41) is 17.6. The van der Waals surface area contributed by atoms with E-state index in [0.29, 0.717) is 52.4 Å². The Morgan fingerprint density at radius 1 is 1.11 bits per heavy atom. The molecule has 2 aliphatic heterocycles. The Labute approximate surface area is 214 Å². The predicted octanol–water partition coefficient (Wildman–Crippen LogP) is 3.51. The fourth-order valence-electron chi connectivity index (χ4n) is 4.84. The van der Waals surface area contributed by atoms with Crippen LogP contribution >= 0.6 is 0 Å². The van der Waals surface area contributed by atoms with Gasteiger partial charge in [-0.25, -0.2) is 23.8 Å². The van der Waals surface area contributed by atoms with Crippen LogP contribution in [0.4, 0.5) is 20.7 Å². The summed E-state index contributed by atoms with van der Waals surface area (Å²) >= 11 is 0. The average molecular weight is 519 g/mol. The number of anilines is 2. The molecule has 4 N–H and O–H groups in total. The standard InChI is InChI=1S/C25H22FN7O5/c26-14-5-3-13(4-6-14)24(34)30-17-8-7-16(20-21(17)38-12-37-20)19-18-22(27)28-11-29-23(18)33(31-19)15-2-1-9-32(10-15)25(35)36/h3-8,11,15H,1-2,9-10,12H2,(H,30,34)(H,35,36)(H2,27,28,29)/t15-/m1/s1. The Hall–Kier alpha value is -4.94. The van der Waals surface area contributed by atoms with Gasteiger partial charge < -0.3 is 30.5 Å². The van der Waals surface area contributed by atoms with Crippen molar-refractivity contribution in [3.8, 4) is 22.8 Å². The normalized spacial score (nSPS) is 16.6. The number of piperidine rings is 1. The topological polar surface area (TPSA) is 158 Å². The second-order valence-corrected chi connectivity index (χ2v) is 8.96. The molecule has 1 saturated heterocycles. The van der Waals surface area contributed by atoms with Crippen molar-refractivity contribution in [1.82, 2.24) is 24.6 Å². The lowest BCUT2D eigenvalue weighted by Crippen LogP contribution is -2.40. The summed E-state index contributed by atoms with van der Waals surface area (Å²) in [6, 6.07) is 8.31. The van der Waals surface area contributed by atoms with Gasteiger partial charge in [0.05, 0.1) is 17.1 Å². The van der Waals surface area contributed by atoms with E-state index in [0.717, 1.165) is 6.42 Å². The van der Waals surface area contributed by atoms with Crippen LogP contribution in [0.5, 0.6) is 11.5 Å². The van der Waals surface area contributed by atoms with Crippen molar-refractivity contribution in [3.63, 3.8) is 0 Å². The predicted molar refractivity (Wildman–Crippen MR) is 134 cm³/mol. The average Bonchev–Trinajstić information content (AvgIpc) is 3.56. The highest BCUT2D eigenvalue weighted by Gasteiger charge is 2.31. The summed E-state index contributed by atoms with van der Waals surface area (Å²) in [5.41, 5.74) is 8.39. The van der Waals surface area contributed by atoms with Crippen molar-refractivity contribution in [1.29, 1.82) is 0 Å². The number of rotatable bonds is 4. The zero-order valence-corrected chi connectivity index (χ0v) is 19.9. The highest BCUT2D eigenvalue weighted by molar-refractivity contribution is 6.06. The van der Waals surface area contributed by atoms with Crippen LogP contribution in [0.15, 0.2) is 42.7 Å². The van der Waals surface area contributed by atoms with Gasteiger partial charge in [0.1, 0.15) is 23.7 Å². The number of ether oxygens (including phenoxy) is 2. The maximum atomic E-state index is 13.3. The highest BCUT2D eigenvalue weighted by atomic mass is 19.1. The lowest BCUT2D eigenvalue weighted by molar-refractivity contribution is 0.102. The number of likely N-dealkylation sites (tertiary alicyclic amines) is 1. The van der Waals surface area contributed by atoms with E-state index in [1.807, 2.05) is 0 Å². The minimum Gasteiger partial charge on any atom is -0.465 e. The number of benzene rings is 2. The molecular formula is C25H22FN7O5. The molecule has 13 heteroatoms. The van der Waals surface area contributed by atoms with Gasteiger partial charge in [0.2, 0.25) is 6.79 Å². The number of fused-ring (bicyclic) bond motifs is 2. The second-order valence-electron chi connectivity index (χ2n) is 8.96. The van der Waals surface area contributed by atoms with Crippen molar-refractivity contribution >= 4 is 34.5 Å². The molecule has 38 heavy (non-hydrogen) atoms. The molecule has 0 aliphatic carbocycles. The van der Waals surface area contributed by atoms with Gasteiger partial charge >= 0.3 is 6.09 Å². The summed E-state index contributed by atoms with van der Waals surface area (Å²) in [4.78, 5) is 34.2. The fraction of sp³-hybridized carbons (Fsp3) is 0.240. The van der Waals surface area contributed by atoms with Gasteiger partial charge in [-0.05, 0) is 49.2 Å². The summed E-state index contributed by atoms with van der Waals surface area (Å²) in [6.07, 6.45) is 1.76. The van der Waals surface area contributed by atoms with Gasteiger partial charge in [-0.3, -0.25) is 4.79 Å². The third kappa shape index (κ3) is 3.97. The molecule has 0 radical (unpaired) electrons. The molecule has 194 valence electrons. The summed E-state index contributed by atoms with van der Waals surface area (Å²) in [5.74, 6) is -0.00716. The molecule has 2 aliphatic rings. The van der Waals surface area contributed by atoms with Crippen LogP contribution in [-0.2, 0) is 0 Å². The van der Waals surface area contributed by atoms with E-state index in [4.69, 9.17) is 20.3 Å². The first-order valence-electron chi connectivity index (χ1n) is 11.9. The van der Waals surface area contributed by atoms with Crippen molar-refractivity contribution < 1.29 is 28.6 Å². The Kier molecular flexibility index (Phi) is 5.66. The van der Waals surface area contributed by atoms with E-state index in [9.17, 15) is 19.1 Å². The molecule has 2 aromatic heterocycles. The number of hydrogen-bond donors (Lipinski definition) is 3. The number of carbonyl (C=O) groups excluding carboxylic acids is 1. The first-order chi connectivity index (χ1) is 18.4. The third-order valence-corrected chi connectivity index (χ3v) is 6.66. The lowest BCUT2D eigenvalue weighted by Gasteiger charge is -2.30. The van der Waals surface area contributed by atoms with Crippen LogP contribution in [-0.4, -0.2) is 61.6 Å². The number of halogens is 1. The molecule has 0 unspecified atom stereocenters. The Morgan fingerprint density at radius 3 is 2.68 bits per heavy atom. The number of nitrogen functional groups attached to an aromatic ring is 1. The summed E-state index contributed by atoms with van der Waals surface area (Å²) < 4.78 is 26.4. The van der Waals surface area contributed by atoms with Gasteiger partial charge in [0.15, 0.2) is 17.1 Å². The molecule has 2 amide bonds.